The van der Waals surface area contributed by atoms with Gasteiger partial charge in [-0.1, -0.05) is 6.07 Å². The van der Waals surface area contributed by atoms with Crippen LogP contribution in [-0.2, 0) is 4.79 Å². The van der Waals surface area contributed by atoms with E-state index in [1.807, 2.05) is 17.5 Å². The molecule has 3 rings (SSSR count). The van der Waals surface area contributed by atoms with Gasteiger partial charge in [0, 0.05) is 30.4 Å². The van der Waals surface area contributed by atoms with Gasteiger partial charge in [0.25, 0.3) is 5.91 Å². The highest BCUT2D eigenvalue weighted by Gasteiger charge is 2.24. The van der Waals surface area contributed by atoms with Gasteiger partial charge < -0.3 is 16.0 Å². The first kappa shape index (κ1) is 17.0. The normalized spacial score (nSPS) is 17.0. The lowest BCUT2D eigenvalue weighted by Crippen LogP contribution is -2.31. The predicted molar refractivity (Wildman–Crippen MR) is 98.6 cm³/mol. The number of amides is 2. The standard InChI is InChI=1S/C17H19N3O2S2/c18-13-7-8-20(10-13)17(22)12-3-5-14(6-4-12)19-15(21)11-24-16-2-1-9-23-16/h1-6,9,13H,7-8,10-11,18H2,(H,19,21)/t13-/m1/s1. The molecule has 5 nitrogen and oxygen atoms in total. The lowest BCUT2D eigenvalue weighted by Gasteiger charge is -2.16. The summed E-state index contributed by atoms with van der Waals surface area (Å²) < 4.78 is 1.12. The van der Waals surface area contributed by atoms with E-state index in [1.165, 1.54) is 11.8 Å². The number of carbonyl (C=O) groups is 2. The molecule has 0 unspecified atom stereocenters. The minimum atomic E-state index is -0.0574. The van der Waals surface area contributed by atoms with Crippen molar-refractivity contribution >= 4 is 40.6 Å². The third-order valence-corrected chi connectivity index (χ3v) is 5.90. The van der Waals surface area contributed by atoms with Crippen molar-refractivity contribution in [3.8, 4) is 0 Å². The van der Waals surface area contributed by atoms with Gasteiger partial charge in [-0.25, -0.2) is 0 Å². The van der Waals surface area contributed by atoms with Gasteiger partial charge in [0.2, 0.25) is 5.91 Å². The SMILES string of the molecule is N[C@@H]1CCN(C(=O)c2ccc(NC(=O)CSc3cccs3)cc2)C1. The lowest BCUT2D eigenvalue weighted by molar-refractivity contribution is -0.113. The van der Waals surface area contributed by atoms with Crippen LogP contribution in [0.2, 0.25) is 0 Å². The molecule has 1 aromatic carbocycles. The van der Waals surface area contributed by atoms with E-state index in [0.29, 0.717) is 30.1 Å². The Balaban J connectivity index is 1.52. The Kier molecular flexibility index (Phi) is 5.55. The maximum Gasteiger partial charge on any atom is 0.253 e. The van der Waals surface area contributed by atoms with Gasteiger partial charge in [-0.05, 0) is 42.1 Å². The van der Waals surface area contributed by atoms with Crippen molar-refractivity contribution < 1.29 is 9.59 Å². The van der Waals surface area contributed by atoms with Gasteiger partial charge in [0.1, 0.15) is 0 Å². The zero-order valence-electron chi connectivity index (χ0n) is 13.1. The topological polar surface area (TPSA) is 75.4 Å². The third-order valence-electron chi connectivity index (χ3n) is 3.77. The second kappa shape index (κ2) is 7.83. The number of carbonyl (C=O) groups excluding carboxylic acids is 2. The predicted octanol–water partition coefficient (Wildman–Crippen LogP) is 2.65. The summed E-state index contributed by atoms with van der Waals surface area (Å²) in [5.74, 6) is 0.305. The quantitative estimate of drug-likeness (QED) is 0.803. The molecule has 1 aliphatic heterocycles. The smallest absolute Gasteiger partial charge is 0.253 e. The maximum atomic E-state index is 12.3. The van der Waals surface area contributed by atoms with Crippen molar-refractivity contribution in [2.75, 3.05) is 24.2 Å². The zero-order valence-corrected chi connectivity index (χ0v) is 14.7. The van der Waals surface area contributed by atoms with Crippen LogP contribution in [0.3, 0.4) is 0 Å². The van der Waals surface area contributed by atoms with Crippen molar-refractivity contribution in [2.45, 2.75) is 16.7 Å². The molecule has 0 bridgehead atoms. The summed E-state index contributed by atoms with van der Waals surface area (Å²) in [7, 11) is 0. The summed E-state index contributed by atoms with van der Waals surface area (Å²) in [5, 5.41) is 4.84. The van der Waals surface area contributed by atoms with E-state index < -0.39 is 0 Å². The minimum absolute atomic E-state index is 0.00548. The Hall–Kier alpha value is -1.83. The maximum absolute atomic E-state index is 12.3. The number of benzene rings is 1. The number of likely N-dealkylation sites (tertiary alicyclic amines) is 1. The summed E-state index contributed by atoms with van der Waals surface area (Å²) in [5.41, 5.74) is 7.16. The molecule has 1 atom stereocenters. The molecule has 2 aromatic rings. The number of nitrogens with one attached hydrogen (secondary N) is 1. The minimum Gasteiger partial charge on any atom is -0.337 e. The van der Waals surface area contributed by atoms with Crippen LogP contribution < -0.4 is 11.1 Å². The van der Waals surface area contributed by atoms with E-state index in [1.54, 1.807) is 40.5 Å². The molecule has 2 heterocycles. The molecule has 0 aliphatic carbocycles. The molecule has 2 amide bonds. The molecule has 1 fully saturated rings. The number of thiophene rings is 1. The fraction of sp³-hybridized carbons (Fsp3) is 0.294. The van der Waals surface area contributed by atoms with E-state index in [9.17, 15) is 9.59 Å². The van der Waals surface area contributed by atoms with Gasteiger partial charge >= 0.3 is 0 Å². The van der Waals surface area contributed by atoms with Gasteiger partial charge in [-0.15, -0.1) is 23.1 Å². The first-order valence-electron chi connectivity index (χ1n) is 7.73. The van der Waals surface area contributed by atoms with E-state index in [-0.39, 0.29) is 17.9 Å². The molecule has 7 heteroatoms. The van der Waals surface area contributed by atoms with Gasteiger partial charge in [0.15, 0.2) is 0 Å². The van der Waals surface area contributed by atoms with E-state index in [2.05, 4.69) is 5.32 Å². The first-order valence-corrected chi connectivity index (χ1v) is 9.59. The van der Waals surface area contributed by atoms with E-state index >= 15 is 0 Å². The largest absolute Gasteiger partial charge is 0.337 e. The molecule has 0 saturated carbocycles. The first-order chi connectivity index (χ1) is 11.6. The van der Waals surface area contributed by atoms with Crippen LogP contribution in [-0.4, -0.2) is 41.6 Å². The van der Waals surface area contributed by atoms with Crippen LogP contribution in [0.5, 0.6) is 0 Å². The van der Waals surface area contributed by atoms with Gasteiger partial charge in [-0.3, -0.25) is 9.59 Å². The molecule has 0 radical (unpaired) electrons. The molecule has 1 aromatic heterocycles. The highest BCUT2D eigenvalue weighted by Crippen LogP contribution is 2.23. The number of anilines is 1. The summed E-state index contributed by atoms with van der Waals surface area (Å²) in [6.45, 7) is 1.32. The fourth-order valence-corrected chi connectivity index (χ4v) is 4.11. The van der Waals surface area contributed by atoms with Crippen LogP contribution in [0.1, 0.15) is 16.8 Å². The van der Waals surface area contributed by atoms with Crippen LogP contribution in [0.4, 0.5) is 5.69 Å². The number of rotatable bonds is 5. The van der Waals surface area contributed by atoms with Gasteiger partial charge in [0.05, 0.1) is 9.96 Å². The number of hydrogen-bond donors (Lipinski definition) is 2. The zero-order chi connectivity index (χ0) is 16.9. The Bertz CT molecular complexity index is 701. The van der Waals surface area contributed by atoms with Gasteiger partial charge in [-0.2, -0.15) is 0 Å². The average molecular weight is 361 g/mol. The van der Waals surface area contributed by atoms with Crippen LogP contribution in [0.15, 0.2) is 46.0 Å². The summed E-state index contributed by atoms with van der Waals surface area (Å²) in [4.78, 5) is 26.1. The van der Waals surface area contributed by atoms with Crippen LogP contribution in [0.25, 0.3) is 0 Å². The molecule has 3 N–H and O–H groups in total. The highest BCUT2D eigenvalue weighted by atomic mass is 32.2. The van der Waals surface area contributed by atoms with Crippen molar-refractivity contribution in [1.82, 2.24) is 4.90 Å². The fourth-order valence-electron chi connectivity index (χ4n) is 2.53. The number of thioether (sulfide) groups is 1. The van der Waals surface area contributed by atoms with E-state index in [0.717, 1.165) is 10.6 Å². The summed E-state index contributed by atoms with van der Waals surface area (Å²) in [6.07, 6.45) is 0.849. The Morgan fingerprint density at radius 3 is 2.71 bits per heavy atom. The van der Waals surface area contributed by atoms with Crippen LogP contribution in [0, 0.1) is 0 Å². The van der Waals surface area contributed by atoms with E-state index in [4.69, 9.17) is 5.73 Å². The average Bonchev–Trinajstić information content (AvgIpc) is 3.24. The highest BCUT2D eigenvalue weighted by molar-refractivity contribution is 8.01. The lowest BCUT2D eigenvalue weighted by atomic mass is 10.2. The monoisotopic (exact) mass is 361 g/mol. The molecule has 1 aliphatic rings. The van der Waals surface area contributed by atoms with Crippen molar-refractivity contribution in [2.24, 2.45) is 5.73 Å². The van der Waals surface area contributed by atoms with Crippen molar-refractivity contribution in [3.63, 3.8) is 0 Å². The molecule has 24 heavy (non-hydrogen) atoms. The molecule has 0 spiro atoms. The number of nitrogens with zero attached hydrogens (tertiary/aromatic N) is 1. The van der Waals surface area contributed by atoms with Crippen molar-refractivity contribution in [1.29, 1.82) is 0 Å². The molecular weight excluding hydrogens is 342 g/mol. The second-order valence-corrected chi connectivity index (χ2v) is 7.87. The Morgan fingerprint density at radius 1 is 1.29 bits per heavy atom. The van der Waals surface area contributed by atoms with Crippen molar-refractivity contribution in [3.05, 3.63) is 47.3 Å². The number of nitrogens with two attached hydrogens (primary N) is 1. The third kappa shape index (κ3) is 4.37. The number of hydrogen-bond acceptors (Lipinski definition) is 5. The molecule has 1 saturated heterocycles. The molecule has 126 valence electrons. The van der Waals surface area contributed by atoms with Crippen LogP contribution >= 0.6 is 23.1 Å². The molecular formula is C17H19N3O2S2. The summed E-state index contributed by atoms with van der Waals surface area (Å²) in [6, 6.07) is 11.0. The summed E-state index contributed by atoms with van der Waals surface area (Å²) >= 11 is 3.13. The Labute approximate surface area is 149 Å². The second-order valence-electron chi connectivity index (χ2n) is 5.65. The Morgan fingerprint density at radius 2 is 2.08 bits per heavy atom.